The molecular formula is C19H23N5. The second-order valence-corrected chi connectivity index (χ2v) is 7.31. The highest BCUT2D eigenvalue weighted by Gasteiger charge is 2.54. The fraction of sp³-hybridized carbons (Fsp3) is 0.474. The molecule has 0 aliphatic carbocycles. The zero-order valence-corrected chi connectivity index (χ0v) is 13.8. The third-order valence-corrected chi connectivity index (χ3v) is 6.14. The zero-order valence-electron chi connectivity index (χ0n) is 13.8. The Hall–Kier alpha value is -2.14. The van der Waals surface area contributed by atoms with Crippen LogP contribution in [0.4, 0.5) is 11.8 Å². The molecule has 4 saturated heterocycles. The van der Waals surface area contributed by atoms with Crippen LogP contribution in [0.3, 0.4) is 0 Å². The summed E-state index contributed by atoms with van der Waals surface area (Å²) in [7, 11) is 0. The number of rotatable bonds is 2. The summed E-state index contributed by atoms with van der Waals surface area (Å²) in [6.07, 6.45) is 4.37. The standard InChI is InChI=1S/C19H23N5/c20-16-6-9-21-19(22-16)24-12-15(13-4-2-1-3-5-13)18-17(24)14-7-10-23(18)11-8-14/h1-6,9,14-15,17-18H,7-8,10-12H2,(H2,20,21,22)/t15-,17-,18-/m1/s1. The van der Waals surface area contributed by atoms with E-state index in [1.165, 1.54) is 31.5 Å². The van der Waals surface area contributed by atoms with Gasteiger partial charge in [-0.15, -0.1) is 0 Å². The van der Waals surface area contributed by atoms with Crippen molar-refractivity contribution in [2.75, 3.05) is 30.3 Å². The number of benzene rings is 1. The Bertz CT molecular complexity index is 726. The highest BCUT2D eigenvalue weighted by atomic mass is 15.4. The molecule has 0 amide bonds. The molecule has 2 bridgehead atoms. The average molecular weight is 321 g/mol. The second kappa shape index (κ2) is 5.45. The van der Waals surface area contributed by atoms with E-state index >= 15 is 0 Å². The molecule has 3 atom stereocenters. The van der Waals surface area contributed by atoms with Crippen molar-refractivity contribution in [3.63, 3.8) is 0 Å². The van der Waals surface area contributed by atoms with Crippen LogP contribution in [0, 0.1) is 5.92 Å². The average Bonchev–Trinajstić information content (AvgIpc) is 3.06. The minimum absolute atomic E-state index is 0.513. The number of nitrogens with two attached hydrogens (primary N) is 1. The van der Waals surface area contributed by atoms with Gasteiger partial charge in [-0.1, -0.05) is 30.3 Å². The fourth-order valence-electron chi connectivity index (χ4n) is 5.14. The molecule has 6 rings (SSSR count). The lowest BCUT2D eigenvalue weighted by atomic mass is 9.75. The topological polar surface area (TPSA) is 58.3 Å². The second-order valence-electron chi connectivity index (χ2n) is 7.31. The molecule has 4 aliphatic rings. The summed E-state index contributed by atoms with van der Waals surface area (Å²) in [5.74, 6) is 2.63. The molecule has 5 heteroatoms. The van der Waals surface area contributed by atoms with Gasteiger partial charge in [-0.3, -0.25) is 4.90 Å². The van der Waals surface area contributed by atoms with Crippen LogP contribution in [-0.2, 0) is 0 Å². The molecule has 2 aromatic rings. The predicted octanol–water partition coefficient (Wildman–Crippen LogP) is 2.13. The van der Waals surface area contributed by atoms with Gasteiger partial charge in [0.15, 0.2) is 0 Å². The molecule has 1 aromatic heterocycles. The summed E-state index contributed by atoms with van der Waals surface area (Å²) < 4.78 is 0. The fourth-order valence-corrected chi connectivity index (χ4v) is 5.14. The summed E-state index contributed by atoms with van der Waals surface area (Å²) in [6, 6.07) is 13.8. The van der Waals surface area contributed by atoms with Crippen LogP contribution in [0.25, 0.3) is 0 Å². The van der Waals surface area contributed by atoms with Crippen LogP contribution in [0.1, 0.15) is 24.3 Å². The van der Waals surface area contributed by atoms with Crippen LogP contribution in [0.15, 0.2) is 42.6 Å². The van der Waals surface area contributed by atoms with Gasteiger partial charge < -0.3 is 10.6 Å². The maximum atomic E-state index is 5.93. The van der Waals surface area contributed by atoms with E-state index in [1.54, 1.807) is 12.3 Å². The Kier molecular flexibility index (Phi) is 3.23. The maximum Gasteiger partial charge on any atom is 0.227 e. The van der Waals surface area contributed by atoms with E-state index in [-0.39, 0.29) is 0 Å². The van der Waals surface area contributed by atoms with Crippen molar-refractivity contribution in [2.24, 2.45) is 5.92 Å². The summed E-state index contributed by atoms with van der Waals surface area (Å²) in [4.78, 5) is 14.2. The number of hydrogen-bond donors (Lipinski definition) is 1. The number of piperidine rings is 3. The van der Waals surface area contributed by atoms with Gasteiger partial charge in [0.2, 0.25) is 5.95 Å². The molecular weight excluding hydrogens is 298 g/mol. The summed E-state index contributed by atoms with van der Waals surface area (Å²) in [5.41, 5.74) is 7.36. The van der Waals surface area contributed by atoms with E-state index in [0.29, 0.717) is 23.8 Å². The van der Waals surface area contributed by atoms with Crippen molar-refractivity contribution in [1.82, 2.24) is 14.9 Å². The van der Waals surface area contributed by atoms with Crippen molar-refractivity contribution >= 4 is 11.8 Å². The third kappa shape index (κ3) is 2.11. The van der Waals surface area contributed by atoms with Gasteiger partial charge in [0, 0.05) is 24.7 Å². The van der Waals surface area contributed by atoms with Gasteiger partial charge in [0.05, 0.1) is 6.04 Å². The minimum atomic E-state index is 0.513. The number of hydrogen-bond acceptors (Lipinski definition) is 5. The molecule has 4 fully saturated rings. The zero-order chi connectivity index (χ0) is 16.1. The molecule has 1 aromatic carbocycles. The van der Waals surface area contributed by atoms with Crippen molar-refractivity contribution < 1.29 is 0 Å². The molecule has 5 heterocycles. The van der Waals surface area contributed by atoms with Crippen LogP contribution >= 0.6 is 0 Å². The Morgan fingerprint density at radius 2 is 1.79 bits per heavy atom. The lowest BCUT2D eigenvalue weighted by Gasteiger charge is -2.51. The first-order chi connectivity index (χ1) is 11.8. The maximum absolute atomic E-state index is 5.93. The lowest BCUT2D eigenvalue weighted by Crippen LogP contribution is -2.60. The first kappa shape index (κ1) is 14.2. The Morgan fingerprint density at radius 3 is 2.54 bits per heavy atom. The van der Waals surface area contributed by atoms with E-state index in [9.17, 15) is 0 Å². The minimum Gasteiger partial charge on any atom is -0.384 e. The Morgan fingerprint density at radius 1 is 1.00 bits per heavy atom. The Balaban J connectivity index is 1.57. The van der Waals surface area contributed by atoms with E-state index in [1.807, 2.05) is 0 Å². The van der Waals surface area contributed by atoms with Gasteiger partial charge in [-0.2, -0.15) is 4.98 Å². The van der Waals surface area contributed by atoms with E-state index < -0.39 is 0 Å². The Labute approximate surface area is 142 Å². The smallest absolute Gasteiger partial charge is 0.227 e. The van der Waals surface area contributed by atoms with Crippen molar-refractivity contribution in [3.05, 3.63) is 48.2 Å². The monoisotopic (exact) mass is 321 g/mol. The third-order valence-electron chi connectivity index (χ3n) is 6.14. The number of nitrogens with zero attached hydrogens (tertiary/aromatic N) is 4. The molecule has 0 saturated carbocycles. The number of anilines is 2. The molecule has 5 nitrogen and oxygen atoms in total. The van der Waals surface area contributed by atoms with Crippen LogP contribution in [0.2, 0.25) is 0 Å². The van der Waals surface area contributed by atoms with Crippen molar-refractivity contribution in [1.29, 1.82) is 0 Å². The summed E-state index contributed by atoms with van der Waals surface area (Å²) in [6.45, 7) is 3.46. The van der Waals surface area contributed by atoms with Crippen molar-refractivity contribution in [2.45, 2.75) is 30.8 Å². The van der Waals surface area contributed by atoms with Crippen LogP contribution < -0.4 is 10.6 Å². The quantitative estimate of drug-likeness (QED) is 0.918. The molecule has 2 N–H and O–H groups in total. The molecule has 4 aliphatic heterocycles. The van der Waals surface area contributed by atoms with Gasteiger partial charge in [0.25, 0.3) is 0 Å². The van der Waals surface area contributed by atoms with Crippen LogP contribution in [-0.4, -0.2) is 46.6 Å². The molecule has 0 spiro atoms. The molecule has 0 radical (unpaired) electrons. The number of nitrogen functional groups attached to an aromatic ring is 1. The van der Waals surface area contributed by atoms with Crippen molar-refractivity contribution in [3.8, 4) is 0 Å². The van der Waals surface area contributed by atoms with Gasteiger partial charge in [0.1, 0.15) is 5.82 Å². The van der Waals surface area contributed by atoms with Gasteiger partial charge in [-0.05, 0) is 43.5 Å². The highest BCUT2D eigenvalue weighted by Crippen LogP contribution is 2.47. The number of aromatic nitrogens is 2. The van der Waals surface area contributed by atoms with E-state index in [4.69, 9.17) is 5.73 Å². The summed E-state index contributed by atoms with van der Waals surface area (Å²) >= 11 is 0. The number of fused-ring (bicyclic) bond motifs is 2. The first-order valence-corrected chi connectivity index (χ1v) is 8.95. The molecule has 0 unspecified atom stereocenters. The van der Waals surface area contributed by atoms with Gasteiger partial charge >= 0.3 is 0 Å². The normalized spacial score (nSPS) is 34.3. The van der Waals surface area contributed by atoms with E-state index in [2.05, 4.69) is 50.1 Å². The summed E-state index contributed by atoms with van der Waals surface area (Å²) in [5, 5.41) is 0. The van der Waals surface area contributed by atoms with Gasteiger partial charge in [-0.25, -0.2) is 4.98 Å². The highest BCUT2D eigenvalue weighted by molar-refractivity contribution is 5.45. The predicted molar refractivity (Wildman–Crippen MR) is 94.8 cm³/mol. The van der Waals surface area contributed by atoms with Crippen LogP contribution in [0.5, 0.6) is 0 Å². The SMILES string of the molecule is Nc1ccnc(N2C[C@H](c3ccccc3)[C@@H]3[C@H]2C2CCN3CC2)n1. The molecule has 124 valence electrons. The van der Waals surface area contributed by atoms with E-state index in [0.717, 1.165) is 18.4 Å². The lowest BCUT2D eigenvalue weighted by molar-refractivity contribution is 0.0353. The molecule has 24 heavy (non-hydrogen) atoms. The largest absolute Gasteiger partial charge is 0.384 e. The first-order valence-electron chi connectivity index (χ1n) is 8.95.